The molecule has 0 atom stereocenters. The molecule has 2 N–H and O–H groups in total. The lowest BCUT2D eigenvalue weighted by molar-refractivity contribution is 0.174. The molecule has 0 saturated carbocycles. The van der Waals surface area contributed by atoms with Crippen LogP contribution in [-0.2, 0) is 6.54 Å². The van der Waals surface area contributed by atoms with Crippen molar-refractivity contribution < 1.29 is 9.47 Å². The molecule has 0 aromatic heterocycles. The predicted molar refractivity (Wildman–Crippen MR) is 99.4 cm³/mol. The highest BCUT2D eigenvalue weighted by atomic mass is 127. The van der Waals surface area contributed by atoms with Gasteiger partial charge in [-0.05, 0) is 44.8 Å². The Hall–Kier alpha value is -1.22. The Morgan fingerprint density at radius 1 is 1.23 bits per heavy atom. The zero-order chi connectivity index (χ0) is 15.1. The summed E-state index contributed by atoms with van der Waals surface area (Å²) < 4.78 is 10.7. The van der Waals surface area contributed by atoms with Crippen LogP contribution in [0.25, 0.3) is 0 Å². The van der Waals surface area contributed by atoms with Crippen LogP contribution in [0.2, 0.25) is 0 Å². The summed E-state index contributed by atoms with van der Waals surface area (Å²) in [6.45, 7) is 2.97. The lowest BCUT2D eigenvalue weighted by Crippen LogP contribution is -2.38. The molecule has 1 aromatic carbocycles. The van der Waals surface area contributed by atoms with Crippen molar-refractivity contribution in [3.05, 3.63) is 23.8 Å². The number of hydrogen-bond donors (Lipinski definition) is 2. The summed E-state index contributed by atoms with van der Waals surface area (Å²) in [5.41, 5.74) is 1.13. The second kappa shape index (κ2) is 9.73. The van der Waals surface area contributed by atoms with Gasteiger partial charge in [0.1, 0.15) is 0 Å². The number of fused-ring (bicyclic) bond motifs is 1. The second-order valence-electron chi connectivity index (χ2n) is 5.20. The van der Waals surface area contributed by atoms with Gasteiger partial charge in [-0.3, -0.25) is 4.99 Å². The van der Waals surface area contributed by atoms with Gasteiger partial charge in [0.2, 0.25) is 6.79 Å². The lowest BCUT2D eigenvalue weighted by Gasteiger charge is -2.13. The number of benzene rings is 1. The van der Waals surface area contributed by atoms with Crippen molar-refractivity contribution >= 4 is 29.9 Å². The van der Waals surface area contributed by atoms with Crippen molar-refractivity contribution in [3.63, 3.8) is 0 Å². The molecule has 22 heavy (non-hydrogen) atoms. The molecule has 0 radical (unpaired) electrons. The number of aliphatic imine (C=N–C) groups is 1. The minimum absolute atomic E-state index is 0. The number of hydrogen-bond acceptors (Lipinski definition) is 4. The first-order valence-corrected chi connectivity index (χ1v) is 7.17. The zero-order valence-corrected chi connectivity index (χ0v) is 15.7. The molecule has 2 rings (SSSR count). The van der Waals surface area contributed by atoms with Crippen molar-refractivity contribution in [3.8, 4) is 11.5 Å². The molecule has 1 heterocycles. The van der Waals surface area contributed by atoms with Gasteiger partial charge in [-0.15, -0.1) is 24.0 Å². The van der Waals surface area contributed by atoms with Gasteiger partial charge in [-0.1, -0.05) is 6.07 Å². The first-order chi connectivity index (χ1) is 10.2. The number of ether oxygens (including phenoxy) is 2. The first kappa shape index (κ1) is 18.8. The minimum atomic E-state index is 0. The monoisotopic (exact) mass is 420 g/mol. The Kier molecular flexibility index (Phi) is 8.32. The first-order valence-electron chi connectivity index (χ1n) is 7.17. The molecule has 0 bridgehead atoms. The quantitative estimate of drug-likeness (QED) is 0.317. The van der Waals surface area contributed by atoms with Crippen LogP contribution in [0.5, 0.6) is 11.5 Å². The van der Waals surface area contributed by atoms with E-state index < -0.39 is 0 Å². The van der Waals surface area contributed by atoms with E-state index >= 15 is 0 Å². The third-order valence-corrected chi connectivity index (χ3v) is 3.20. The van der Waals surface area contributed by atoms with Gasteiger partial charge in [0.15, 0.2) is 17.5 Å². The van der Waals surface area contributed by atoms with E-state index in [1.54, 1.807) is 7.05 Å². The smallest absolute Gasteiger partial charge is 0.231 e. The molecular formula is C15H25IN4O2. The van der Waals surface area contributed by atoms with Crippen LogP contribution in [0.15, 0.2) is 23.2 Å². The van der Waals surface area contributed by atoms with E-state index in [-0.39, 0.29) is 24.0 Å². The standard InChI is InChI=1S/C15H24N4O2.HI/c1-16-15(17-7-4-8-19(2)3)18-10-12-5-6-13-14(9-12)21-11-20-13;/h5-6,9H,4,7-8,10-11H2,1-3H3,(H2,16,17,18);1H. The predicted octanol–water partition coefficient (Wildman–Crippen LogP) is 1.65. The van der Waals surface area contributed by atoms with E-state index in [9.17, 15) is 0 Å². The van der Waals surface area contributed by atoms with Gasteiger partial charge < -0.3 is 25.0 Å². The van der Waals surface area contributed by atoms with Gasteiger partial charge in [0.05, 0.1) is 0 Å². The van der Waals surface area contributed by atoms with Crippen LogP contribution in [-0.4, -0.2) is 51.9 Å². The molecule has 0 spiro atoms. The van der Waals surface area contributed by atoms with E-state index in [0.29, 0.717) is 13.3 Å². The molecule has 124 valence electrons. The van der Waals surface area contributed by atoms with Crippen molar-refractivity contribution in [1.82, 2.24) is 15.5 Å². The number of halogens is 1. The highest BCUT2D eigenvalue weighted by Crippen LogP contribution is 2.32. The number of nitrogens with zero attached hydrogens (tertiary/aromatic N) is 2. The average molecular weight is 420 g/mol. The third kappa shape index (κ3) is 5.88. The van der Waals surface area contributed by atoms with Gasteiger partial charge in [0, 0.05) is 20.1 Å². The van der Waals surface area contributed by atoms with Crippen molar-refractivity contribution in [2.45, 2.75) is 13.0 Å². The van der Waals surface area contributed by atoms with E-state index in [1.165, 1.54) is 0 Å². The van der Waals surface area contributed by atoms with E-state index in [1.807, 2.05) is 18.2 Å². The fourth-order valence-corrected chi connectivity index (χ4v) is 2.06. The summed E-state index contributed by atoms with van der Waals surface area (Å²) in [7, 11) is 5.93. The molecule has 6 nitrogen and oxygen atoms in total. The molecule has 0 amide bonds. The van der Waals surface area contributed by atoms with Crippen molar-refractivity contribution in [2.24, 2.45) is 4.99 Å². The lowest BCUT2D eigenvalue weighted by atomic mass is 10.2. The van der Waals surface area contributed by atoms with Gasteiger partial charge in [-0.25, -0.2) is 0 Å². The van der Waals surface area contributed by atoms with Crippen LogP contribution < -0.4 is 20.1 Å². The van der Waals surface area contributed by atoms with Crippen LogP contribution >= 0.6 is 24.0 Å². The summed E-state index contributed by atoms with van der Waals surface area (Å²) in [5, 5.41) is 6.60. The topological polar surface area (TPSA) is 58.1 Å². The average Bonchev–Trinajstić information content (AvgIpc) is 2.93. The highest BCUT2D eigenvalue weighted by Gasteiger charge is 2.13. The van der Waals surface area contributed by atoms with Crippen molar-refractivity contribution in [2.75, 3.05) is 41.0 Å². The maximum absolute atomic E-state index is 5.37. The van der Waals surface area contributed by atoms with Crippen LogP contribution in [0, 0.1) is 0 Å². The maximum atomic E-state index is 5.37. The minimum Gasteiger partial charge on any atom is -0.454 e. The van der Waals surface area contributed by atoms with E-state index in [0.717, 1.165) is 42.5 Å². The van der Waals surface area contributed by atoms with Gasteiger partial charge >= 0.3 is 0 Å². The molecule has 1 aromatic rings. The summed E-state index contributed by atoms with van der Waals surface area (Å²) >= 11 is 0. The second-order valence-corrected chi connectivity index (χ2v) is 5.20. The summed E-state index contributed by atoms with van der Waals surface area (Å²) in [6, 6.07) is 5.96. The Bertz CT molecular complexity index is 494. The molecule has 0 fully saturated rings. The number of nitrogens with one attached hydrogen (secondary N) is 2. The normalized spacial score (nSPS) is 13.0. The molecule has 0 unspecified atom stereocenters. The van der Waals surface area contributed by atoms with Crippen molar-refractivity contribution in [1.29, 1.82) is 0 Å². The molecule has 1 aliphatic heterocycles. The Balaban J connectivity index is 0.00000242. The fraction of sp³-hybridized carbons (Fsp3) is 0.533. The number of rotatable bonds is 6. The summed E-state index contributed by atoms with van der Waals surface area (Å²) in [5.74, 6) is 2.43. The van der Waals surface area contributed by atoms with Gasteiger partial charge in [-0.2, -0.15) is 0 Å². The van der Waals surface area contributed by atoms with Crippen LogP contribution in [0.4, 0.5) is 0 Å². The molecule has 7 heteroatoms. The highest BCUT2D eigenvalue weighted by molar-refractivity contribution is 14.0. The molecule has 1 aliphatic rings. The Morgan fingerprint density at radius 3 is 2.73 bits per heavy atom. The Morgan fingerprint density at radius 2 is 2.00 bits per heavy atom. The maximum Gasteiger partial charge on any atom is 0.231 e. The largest absolute Gasteiger partial charge is 0.454 e. The molecule has 0 aliphatic carbocycles. The van der Waals surface area contributed by atoms with Crippen LogP contribution in [0.3, 0.4) is 0 Å². The number of guanidine groups is 1. The van der Waals surface area contributed by atoms with Gasteiger partial charge in [0.25, 0.3) is 0 Å². The van der Waals surface area contributed by atoms with Crippen LogP contribution in [0.1, 0.15) is 12.0 Å². The molecular weight excluding hydrogens is 395 g/mol. The summed E-state index contributed by atoms with van der Waals surface area (Å²) in [4.78, 5) is 6.39. The summed E-state index contributed by atoms with van der Waals surface area (Å²) in [6.07, 6.45) is 1.08. The third-order valence-electron chi connectivity index (χ3n) is 3.20. The fourth-order valence-electron chi connectivity index (χ4n) is 2.06. The SMILES string of the molecule is CN=C(NCCCN(C)C)NCc1ccc2c(c1)OCO2.I. The Labute approximate surface area is 149 Å². The zero-order valence-electron chi connectivity index (χ0n) is 13.4. The van der Waals surface area contributed by atoms with E-state index in [4.69, 9.17) is 9.47 Å². The molecule has 0 saturated heterocycles. The van der Waals surface area contributed by atoms with E-state index in [2.05, 4.69) is 34.6 Å².